The van der Waals surface area contributed by atoms with Crippen LogP contribution in [0.25, 0.3) is 0 Å². The van der Waals surface area contributed by atoms with Crippen LogP contribution in [-0.4, -0.2) is 16.0 Å². The van der Waals surface area contributed by atoms with Gasteiger partial charge in [-0.25, -0.2) is 0 Å². The summed E-state index contributed by atoms with van der Waals surface area (Å²) in [5.41, 5.74) is 0. The van der Waals surface area contributed by atoms with Crippen molar-refractivity contribution in [1.29, 1.82) is 0 Å². The molecule has 0 radical (unpaired) electrons. The smallest absolute Gasteiger partial charge is 0.221 e. The highest BCUT2D eigenvalue weighted by Gasteiger charge is 1.91. The zero-order valence-corrected chi connectivity index (χ0v) is 7.88. The second-order valence-corrected chi connectivity index (χ2v) is 2.26. The molecule has 0 fully saturated rings. The third-order valence-corrected chi connectivity index (χ3v) is 0.963. The Hall–Kier alpha value is 0.440. The van der Waals surface area contributed by atoms with Crippen LogP contribution in [0.3, 0.4) is 0 Å². The molecule has 0 bridgehead atoms. The molecule has 0 heterocycles. The number of hydrogen-bond acceptors (Lipinski definition) is 2. The lowest BCUT2D eigenvalue weighted by molar-refractivity contribution is -0.111. The molecule has 0 saturated carbocycles. The van der Waals surface area contributed by atoms with Gasteiger partial charge in [0.05, 0.1) is 0 Å². The lowest BCUT2D eigenvalue weighted by Crippen LogP contribution is -1.84. The van der Waals surface area contributed by atoms with Crippen molar-refractivity contribution < 1.29 is 14.3 Å². The molecular weight excluding hydrogens is 198 g/mol. The number of carbonyl (C=O) groups excluding carboxylic acids is 1. The minimum Gasteiger partial charge on any atom is -0.348 e. The van der Waals surface area contributed by atoms with Crippen LogP contribution in [0.2, 0.25) is 0 Å². The Labute approximate surface area is 70.6 Å². The van der Waals surface area contributed by atoms with Crippen molar-refractivity contribution in [2.24, 2.45) is 0 Å². The molecule has 3 nitrogen and oxygen atoms in total. The van der Waals surface area contributed by atoms with Gasteiger partial charge in [0.15, 0.2) is 8.69 Å². The van der Waals surface area contributed by atoms with Crippen molar-refractivity contribution >= 4 is 37.1 Å². The Kier molecular flexibility index (Phi) is 15.9. The lowest BCUT2D eigenvalue weighted by Gasteiger charge is -1.83. The highest BCUT2D eigenvalue weighted by Crippen LogP contribution is 1.94. The normalized spacial score (nSPS) is 9.10. The summed E-state index contributed by atoms with van der Waals surface area (Å²) in [6, 6.07) is 0. The Morgan fingerprint density at radius 3 is 2.10 bits per heavy atom. The second-order valence-electron chi connectivity index (χ2n) is 1.25. The fourth-order valence-corrected chi connectivity index (χ4v) is 0.473. The molecule has 0 aromatic heterocycles. The van der Waals surface area contributed by atoms with Gasteiger partial charge in [0.1, 0.15) is 0 Å². The van der Waals surface area contributed by atoms with E-state index < -0.39 is 8.69 Å². The highest BCUT2D eigenvalue weighted by molar-refractivity contribution is 7.16. The average molecular weight is 207 g/mol. The van der Waals surface area contributed by atoms with Crippen LogP contribution in [0.1, 0.15) is 12.8 Å². The number of alkyl halides is 1. The first-order valence-corrected chi connectivity index (χ1v) is 4.41. The zero-order chi connectivity index (χ0) is 8.41. The summed E-state index contributed by atoms with van der Waals surface area (Å²) in [6.07, 6.45) is 1.08. The molecule has 0 spiro atoms. The van der Waals surface area contributed by atoms with Gasteiger partial charge < -0.3 is 4.89 Å². The quantitative estimate of drug-likeness (QED) is 0.432. The van der Waals surface area contributed by atoms with Crippen LogP contribution in [0.15, 0.2) is 0 Å². The van der Waals surface area contributed by atoms with Gasteiger partial charge >= 0.3 is 0 Å². The number of hydrogen-bond donors (Lipinski definition) is 1. The van der Waals surface area contributed by atoms with Crippen molar-refractivity contribution in [3.05, 3.63) is 0 Å². The van der Waals surface area contributed by atoms with Crippen LogP contribution in [0.5, 0.6) is 0 Å². The topological polar surface area (TPSA) is 54.4 Å². The number of rotatable bonds is 3. The molecule has 0 aliphatic carbocycles. The van der Waals surface area contributed by atoms with Gasteiger partial charge in [0, 0.05) is 12.3 Å². The first-order valence-electron chi connectivity index (χ1n) is 2.51. The van der Waals surface area contributed by atoms with Gasteiger partial charge in [0.25, 0.3) is 0 Å². The lowest BCUT2D eigenvalue weighted by atomic mass is 10.4. The van der Waals surface area contributed by atoms with Gasteiger partial charge in [0.2, 0.25) is 5.24 Å². The average Bonchev–Trinajstić information content (AvgIpc) is 1.85. The first-order chi connectivity index (χ1) is 4.68. The molecular formula is C4H9Cl2O3P. The van der Waals surface area contributed by atoms with E-state index in [1.807, 2.05) is 0 Å². The summed E-state index contributed by atoms with van der Waals surface area (Å²) in [5, 5.41) is -0.305. The molecule has 0 amide bonds. The van der Waals surface area contributed by atoms with E-state index in [-0.39, 0.29) is 5.24 Å². The highest BCUT2D eigenvalue weighted by atomic mass is 35.5. The molecule has 0 aromatic rings. The van der Waals surface area contributed by atoms with E-state index in [0.29, 0.717) is 18.7 Å². The van der Waals surface area contributed by atoms with Gasteiger partial charge in [-0.1, -0.05) is 0 Å². The molecule has 1 unspecified atom stereocenters. The monoisotopic (exact) mass is 206 g/mol. The third-order valence-electron chi connectivity index (χ3n) is 0.507. The SMILES string of the molecule is O=C(Cl)CCCCl.O=[PH2]O. The van der Waals surface area contributed by atoms with E-state index in [0.717, 1.165) is 0 Å². The summed E-state index contributed by atoms with van der Waals surface area (Å²) in [4.78, 5) is 17.0. The summed E-state index contributed by atoms with van der Waals surface area (Å²) < 4.78 is 8.57. The maximum absolute atomic E-state index is 9.91. The van der Waals surface area contributed by atoms with Gasteiger partial charge in [-0.15, -0.1) is 11.6 Å². The zero-order valence-electron chi connectivity index (χ0n) is 5.22. The summed E-state index contributed by atoms with van der Waals surface area (Å²) in [6.45, 7) is 0. The third kappa shape index (κ3) is 23.7. The van der Waals surface area contributed by atoms with Crippen molar-refractivity contribution in [1.82, 2.24) is 0 Å². The van der Waals surface area contributed by atoms with Crippen molar-refractivity contribution in [3.8, 4) is 0 Å². The largest absolute Gasteiger partial charge is 0.348 e. The van der Waals surface area contributed by atoms with Crippen LogP contribution in [0, 0.1) is 0 Å². The van der Waals surface area contributed by atoms with E-state index in [9.17, 15) is 4.79 Å². The van der Waals surface area contributed by atoms with E-state index in [1.54, 1.807) is 0 Å². The van der Waals surface area contributed by atoms with Crippen LogP contribution in [0.4, 0.5) is 0 Å². The van der Waals surface area contributed by atoms with E-state index >= 15 is 0 Å². The second kappa shape index (κ2) is 12.1. The minimum atomic E-state index is -1.50. The van der Waals surface area contributed by atoms with E-state index in [2.05, 4.69) is 0 Å². The van der Waals surface area contributed by atoms with Crippen LogP contribution in [-0.2, 0) is 9.36 Å². The predicted octanol–water partition coefficient (Wildman–Crippen LogP) is 1.42. The molecule has 1 N–H and O–H groups in total. The molecule has 0 aliphatic heterocycles. The van der Waals surface area contributed by atoms with Crippen molar-refractivity contribution in [3.63, 3.8) is 0 Å². The Morgan fingerprint density at radius 1 is 1.60 bits per heavy atom. The fourth-order valence-electron chi connectivity index (χ4n) is 0.206. The maximum Gasteiger partial charge on any atom is 0.221 e. The molecule has 0 aromatic carbocycles. The summed E-state index contributed by atoms with van der Waals surface area (Å²) in [7, 11) is -1.50. The summed E-state index contributed by atoms with van der Waals surface area (Å²) >= 11 is 10.2. The molecule has 0 aliphatic rings. The van der Waals surface area contributed by atoms with Gasteiger partial charge in [-0.3, -0.25) is 9.36 Å². The molecule has 10 heavy (non-hydrogen) atoms. The number of halogens is 2. The Bertz CT molecular complexity index is 98.5. The molecule has 0 saturated heterocycles. The van der Waals surface area contributed by atoms with E-state index in [1.165, 1.54) is 0 Å². The molecule has 0 rings (SSSR count). The van der Waals surface area contributed by atoms with Gasteiger partial charge in [-0.05, 0) is 18.0 Å². The standard InChI is InChI=1S/C4H6Cl2O.H3O2P/c5-3-1-2-4(6)7;1-3-2/h1-3H2;3H2,(H,1,2). The summed E-state index contributed by atoms with van der Waals surface area (Å²) in [5.74, 6) is 0.512. The van der Waals surface area contributed by atoms with Crippen LogP contribution < -0.4 is 0 Å². The van der Waals surface area contributed by atoms with E-state index in [4.69, 9.17) is 32.7 Å². The molecule has 1 atom stereocenters. The molecule has 62 valence electrons. The first kappa shape index (κ1) is 13.1. The predicted molar refractivity (Wildman–Crippen MR) is 43.4 cm³/mol. The maximum atomic E-state index is 9.91. The minimum absolute atomic E-state index is 0.305. The Morgan fingerprint density at radius 2 is 2.00 bits per heavy atom. The van der Waals surface area contributed by atoms with Crippen LogP contribution >= 0.6 is 31.9 Å². The van der Waals surface area contributed by atoms with Crippen molar-refractivity contribution in [2.75, 3.05) is 5.88 Å². The number of carbonyl (C=O) groups is 1. The Balaban J connectivity index is 0. The fraction of sp³-hybridized carbons (Fsp3) is 0.750. The van der Waals surface area contributed by atoms with Gasteiger partial charge in [-0.2, -0.15) is 0 Å². The molecule has 6 heteroatoms. The van der Waals surface area contributed by atoms with Crippen molar-refractivity contribution in [2.45, 2.75) is 12.8 Å².